The van der Waals surface area contributed by atoms with E-state index in [9.17, 15) is 4.79 Å². The molecule has 2 aromatic carbocycles. The molecule has 1 aliphatic heterocycles. The van der Waals surface area contributed by atoms with Crippen LogP contribution in [0.3, 0.4) is 0 Å². The van der Waals surface area contributed by atoms with Gasteiger partial charge in [-0.25, -0.2) is 4.79 Å². The minimum atomic E-state index is 0.0293. The molecule has 0 unspecified atom stereocenters. The molecule has 1 aliphatic rings. The second-order valence-electron chi connectivity index (χ2n) is 5.92. The molecule has 1 N–H and O–H groups in total. The van der Waals surface area contributed by atoms with Gasteiger partial charge in [-0.1, -0.05) is 41.9 Å². The smallest absolute Gasteiger partial charge is 0.317 e. The van der Waals surface area contributed by atoms with Gasteiger partial charge in [-0.05, 0) is 36.2 Å². The van der Waals surface area contributed by atoms with Crippen LogP contribution in [-0.2, 0) is 6.42 Å². The molecule has 0 spiro atoms. The number of benzene rings is 2. The molecule has 2 amide bonds. The molecule has 24 heavy (non-hydrogen) atoms. The Hall–Kier alpha value is -2.20. The van der Waals surface area contributed by atoms with E-state index in [1.54, 1.807) is 0 Å². The van der Waals surface area contributed by atoms with Crippen LogP contribution in [0.5, 0.6) is 0 Å². The van der Waals surface area contributed by atoms with E-state index < -0.39 is 0 Å². The molecular weight excluding hydrogens is 322 g/mol. The molecule has 126 valence electrons. The van der Waals surface area contributed by atoms with Crippen LogP contribution in [0, 0.1) is 0 Å². The summed E-state index contributed by atoms with van der Waals surface area (Å²) in [6, 6.07) is 18.1. The lowest BCUT2D eigenvalue weighted by Crippen LogP contribution is -2.52. The van der Waals surface area contributed by atoms with Gasteiger partial charge in [0.15, 0.2) is 0 Å². The number of carbonyl (C=O) groups excluding carboxylic acids is 1. The fraction of sp³-hybridized carbons (Fsp3) is 0.316. The Morgan fingerprint density at radius 3 is 2.29 bits per heavy atom. The monoisotopic (exact) mass is 343 g/mol. The molecule has 0 radical (unpaired) electrons. The molecule has 1 saturated heterocycles. The number of anilines is 1. The average molecular weight is 344 g/mol. The summed E-state index contributed by atoms with van der Waals surface area (Å²) < 4.78 is 0. The lowest BCUT2D eigenvalue weighted by molar-refractivity contribution is 0.194. The van der Waals surface area contributed by atoms with Gasteiger partial charge in [0.25, 0.3) is 0 Å². The molecular formula is C19H22ClN3O. The number of hydrogen-bond acceptors (Lipinski definition) is 2. The minimum Gasteiger partial charge on any atom is -0.368 e. The number of nitrogens with one attached hydrogen (secondary N) is 1. The van der Waals surface area contributed by atoms with Crippen LogP contribution < -0.4 is 10.2 Å². The Bertz CT molecular complexity index is 652. The standard InChI is InChI=1S/C19H22ClN3O/c20-17-6-8-18(9-7-17)22-12-14-23(15-13-22)19(24)21-11-10-16-4-2-1-3-5-16/h1-9H,10-15H2,(H,21,24). The van der Waals surface area contributed by atoms with Crippen molar-refractivity contribution in [3.8, 4) is 0 Å². The first-order valence-electron chi connectivity index (χ1n) is 8.29. The van der Waals surface area contributed by atoms with Crippen molar-refractivity contribution in [3.63, 3.8) is 0 Å². The minimum absolute atomic E-state index is 0.0293. The van der Waals surface area contributed by atoms with E-state index >= 15 is 0 Å². The fourth-order valence-corrected chi connectivity index (χ4v) is 3.02. The number of carbonyl (C=O) groups is 1. The number of hydrogen-bond donors (Lipinski definition) is 1. The van der Waals surface area contributed by atoms with Crippen LogP contribution in [-0.4, -0.2) is 43.7 Å². The molecule has 0 saturated carbocycles. The quantitative estimate of drug-likeness (QED) is 0.923. The summed E-state index contributed by atoms with van der Waals surface area (Å²) in [5.74, 6) is 0. The summed E-state index contributed by atoms with van der Waals surface area (Å²) >= 11 is 5.93. The zero-order chi connectivity index (χ0) is 16.8. The van der Waals surface area contributed by atoms with Crippen molar-refractivity contribution in [2.75, 3.05) is 37.6 Å². The van der Waals surface area contributed by atoms with Gasteiger partial charge in [0.2, 0.25) is 0 Å². The summed E-state index contributed by atoms with van der Waals surface area (Å²) in [7, 11) is 0. The number of nitrogens with zero attached hydrogens (tertiary/aromatic N) is 2. The summed E-state index contributed by atoms with van der Waals surface area (Å²) in [5, 5.41) is 3.76. The molecule has 1 fully saturated rings. The van der Waals surface area contributed by atoms with Crippen LogP contribution in [0.4, 0.5) is 10.5 Å². The Kier molecular flexibility index (Phi) is 5.59. The van der Waals surface area contributed by atoms with Crippen LogP contribution in [0.1, 0.15) is 5.56 Å². The van der Waals surface area contributed by atoms with Crippen molar-refractivity contribution in [1.29, 1.82) is 0 Å². The second-order valence-corrected chi connectivity index (χ2v) is 6.35. The third-order valence-corrected chi connectivity index (χ3v) is 4.54. The number of urea groups is 1. The highest BCUT2D eigenvalue weighted by Gasteiger charge is 2.20. The average Bonchev–Trinajstić information content (AvgIpc) is 2.63. The number of amides is 2. The second kappa shape index (κ2) is 8.06. The van der Waals surface area contributed by atoms with Gasteiger partial charge < -0.3 is 15.1 Å². The maximum Gasteiger partial charge on any atom is 0.317 e. The Morgan fingerprint density at radius 2 is 1.62 bits per heavy atom. The van der Waals surface area contributed by atoms with E-state index in [0.717, 1.165) is 43.3 Å². The molecule has 0 bridgehead atoms. The van der Waals surface area contributed by atoms with Crippen molar-refractivity contribution in [2.45, 2.75) is 6.42 Å². The van der Waals surface area contributed by atoms with E-state index in [1.807, 2.05) is 47.4 Å². The van der Waals surface area contributed by atoms with Gasteiger partial charge >= 0.3 is 6.03 Å². The molecule has 2 aromatic rings. The molecule has 3 rings (SSSR count). The molecule has 0 aromatic heterocycles. The highest BCUT2D eigenvalue weighted by molar-refractivity contribution is 6.30. The number of halogens is 1. The van der Waals surface area contributed by atoms with E-state index in [2.05, 4.69) is 22.3 Å². The topological polar surface area (TPSA) is 35.6 Å². The SMILES string of the molecule is O=C(NCCc1ccccc1)N1CCN(c2ccc(Cl)cc2)CC1. The third-order valence-electron chi connectivity index (χ3n) is 4.29. The van der Waals surface area contributed by atoms with Crippen molar-refractivity contribution in [3.05, 3.63) is 65.2 Å². The van der Waals surface area contributed by atoms with Crippen molar-refractivity contribution >= 4 is 23.3 Å². The predicted molar refractivity (Wildman–Crippen MR) is 98.8 cm³/mol. The molecule has 0 atom stereocenters. The molecule has 1 heterocycles. The Labute approximate surface area is 148 Å². The highest BCUT2D eigenvalue weighted by Crippen LogP contribution is 2.19. The fourth-order valence-electron chi connectivity index (χ4n) is 2.89. The number of rotatable bonds is 4. The summed E-state index contributed by atoms with van der Waals surface area (Å²) in [6.45, 7) is 3.82. The molecule has 4 nitrogen and oxygen atoms in total. The van der Waals surface area contributed by atoms with Crippen molar-refractivity contribution in [1.82, 2.24) is 10.2 Å². The van der Waals surface area contributed by atoms with E-state index in [0.29, 0.717) is 6.54 Å². The van der Waals surface area contributed by atoms with Gasteiger partial charge in [-0.3, -0.25) is 0 Å². The van der Waals surface area contributed by atoms with E-state index in [1.165, 1.54) is 5.56 Å². The van der Waals surface area contributed by atoms with Crippen LogP contribution in [0.15, 0.2) is 54.6 Å². The van der Waals surface area contributed by atoms with E-state index in [-0.39, 0.29) is 6.03 Å². The zero-order valence-corrected chi connectivity index (χ0v) is 14.4. The highest BCUT2D eigenvalue weighted by atomic mass is 35.5. The van der Waals surface area contributed by atoms with E-state index in [4.69, 9.17) is 11.6 Å². The third kappa shape index (κ3) is 4.42. The van der Waals surface area contributed by atoms with Crippen molar-refractivity contribution in [2.24, 2.45) is 0 Å². The predicted octanol–water partition coefficient (Wildman–Crippen LogP) is 3.41. The maximum absolute atomic E-state index is 12.3. The molecule has 5 heteroatoms. The van der Waals surface area contributed by atoms with Gasteiger partial charge in [0.1, 0.15) is 0 Å². The first kappa shape index (κ1) is 16.7. The lowest BCUT2D eigenvalue weighted by atomic mass is 10.1. The summed E-state index contributed by atoms with van der Waals surface area (Å²) in [6.07, 6.45) is 0.858. The largest absolute Gasteiger partial charge is 0.368 e. The molecule has 0 aliphatic carbocycles. The Balaban J connectivity index is 1.42. The van der Waals surface area contributed by atoms with Gasteiger partial charge in [0, 0.05) is 43.4 Å². The summed E-state index contributed by atoms with van der Waals surface area (Å²) in [4.78, 5) is 16.4. The van der Waals surface area contributed by atoms with Crippen molar-refractivity contribution < 1.29 is 4.79 Å². The van der Waals surface area contributed by atoms with Crippen LogP contribution in [0.2, 0.25) is 5.02 Å². The lowest BCUT2D eigenvalue weighted by Gasteiger charge is -2.36. The number of piperazine rings is 1. The van der Waals surface area contributed by atoms with Gasteiger partial charge in [0.05, 0.1) is 0 Å². The van der Waals surface area contributed by atoms with Crippen LogP contribution in [0.25, 0.3) is 0 Å². The zero-order valence-electron chi connectivity index (χ0n) is 13.6. The Morgan fingerprint density at radius 1 is 0.958 bits per heavy atom. The maximum atomic E-state index is 12.3. The van der Waals surface area contributed by atoms with Gasteiger partial charge in [-0.15, -0.1) is 0 Å². The van der Waals surface area contributed by atoms with Gasteiger partial charge in [-0.2, -0.15) is 0 Å². The first-order valence-corrected chi connectivity index (χ1v) is 8.67. The summed E-state index contributed by atoms with van der Waals surface area (Å²) in [5.41, 5.74) is 2.40. The first-order chi connectivity index (χ1) is 11.7. The normalized spacial score (nSPS) is 14.5. The van der Waals surface area contributed by atoms with Crippen LogP contribution >= 0.6 is 11.6 Å².